The molecule has 2 N–H and O–H groups in total. The average Bonchev–Trinajstić information content (AvgIpc) is 2.90. The summed E-state index contributed by atoms with van der Waals surface area (Å²) < 4.78 is 5.15. The van der Waals surface area contributed by atoms with Crippen molar-refractivity contribution in [2.75, 3.05) is 19.8 Å². The van der Waals surface area contributed by atoms with Crippen LogP contribution in [-0.2, 0) is 20.7 Å². The number of hydrogen-bond donors (Lipinski definition) is 2. The van der Waals surface area contributed by atoms with Crippen molar-refractivity contribution in [3.8, 4) is 0 Å². The SMILES string of the molecule is O=C(O)[C@H]1COCCN1C(=O)Cc1c[nH]c2ccccc12. The normalized spacial score (nSPS) is 18.9. The average molecular weight is 288 g/mol. The summed E-state index contributed by atoms with van der Waals surface area (Å²) in [7, 11) is 0. The number of carboxylic acids is 1. The van der Waals surface area contributed by atoms with E-state index in [1.165, 1.54) is 4.90 Å². The van der Waals surface area contributed by atoms with Crippen LogP contribution in [0, 0.1) is 0 Å². The molecule has 1 saturated heterocycles. The molecule has 1 amide bonds. The third-order valence-corrected chi connectivity index (χ3v) is 3.75. The largest absolute Gasteiger partial charge is 0.480 e. The molecule has 2 heterocycles. The molecule has 0 spiro atoms. The van der Waals surface area contributed by atoms with Gasteiger partial charge in [0.1, 0.15) is 0 Å². The van der Waals surface area contributed by atoms with Crippen LogP contribution in [0.25, 0.3) is 10.9 Å². The number of H-pyrrole nitrogens is 1. The number of benzene rings is 1. The standard InChI is InChI=1S/C15H16N2O4/c18-14(17-5-6-21-9-13(17)15(19)20)7-10-8-16-12-4-2-1-3-11(10)12/h1-4,8,13,16H,5-7,9H2,(H,19,20)/t13-/m1/s1. The van der Waals surface area contributed by atoms with Crippen molar-refractivity contribution < 1.29 is 19.4 Å². The zero-order valence-electron chi connectivity index (χ0n) is 11.4. The Hall–Kier alpha value is -2.34. The zero-order valence-corrected chi connectivity index (χ0v) is 11.4. The number of carbonyl (C=O) groups is 2. The van der Waals surface area contributed by atoms with Crippen molar-refractivity contribution in [2.45, 2.75) is 12.5 Å². The lowest BCUT2D eigenvalue weighted by molar-refractivity contribution is -0.157. The predicted octanol–water partition coefficient (Wildman–Crippen LogP) is 1.02. The highest BCUT2D eigenvalue weighted by Gasteiger charge is 2.32. The molecule has 1 aromatic carbocycles. The van der Waals surface area contributed by atoms with Crippen molar-refractivity contribution in [1.82, 2.24) is 9.88 Å². The summed E-state index contributed by atoms with van der Waals surface area (Å²) in [6.07, 6.45) is 1.99. The van der Waals surface area contributed by atoms with E-state index < -0.39 is 12.0 Å². The molecule has 110 valence electrons. The molecule has 0 bridgehead atoms. The summed E-state index contributed by atoms with van der Waals surface area (Å²) in [5, 5.41) is 10.2. The molecule has 0 aliphatic carbocycles. The van der Waals surface area contributed by atoms with Crippen molar-refractivity contribution in [3.05, 3.63) is 36.0 Å². The van der Waals surface area contributed by atoms with Gasteiger partial charge in [-0.05, 0) is 11.6 Å². The Bertz CT molecular complexity index is 679. The highest BCUT2D eigenvalue weighted by Crippen LogP contribution is 2.19. The Morgan fingerprint density at radius 3 is 3.00 bits per heavy atom. The molecule has 6 heteroatoms. The van der Waals surface area contributed by atoms with Gasteiger partial charge in [0.15, 0.2) is 6.04 Å². The minimum absolute atomic E-state index is 0.0506. The molecular weight excluding hydrogens is 272 g/mol. The van der Waals surface area contributed by atoms with Crippen molar-refractivity contribution >= 4 is 22.8 Å². The van der Waals surface area contributed by atoms with Crippen LogP contribution >= 0.6 is 0 Å². The summed E-state index contributed by atoms with van der Waals surface area (Å²) in [6.45, 7) is 0.747. The van der Waals surface area contributed by atoms with Gasteiger partial charge in [-0.1, -0.05) is 18.2 Å². The van der Waals surface area contributed by atoms with Gasteiger partial charge in [0.05, 0.1) is 19.6 Å². The van der Waals surface area contributed by atoms with Crippen LogP contribution < -0.4 is 0 Å². The third-order valence-electron chi connectivity index (χ3n) is 3.75. The second-order valence-corrected chi connectivity index (χ2v) is 5.05. The van der Waals surface area contributed by atoms with Crippen LogP contribution in [0.2, 0.25) is 0 Å². The Kier molecular flexibility index (Phi) is 3.62. The minimum Gasteiger partial charge on any atom is -0.480 e. The van der Waals surface area contributed by atoms with Crippen LogP contribution in [0.3, 0.4) is 0 Å². The second kappa shape index (κ2) is 5.57. The van der Waals surface area contributed by atoms with Gasteiger partial charge in [0, 0.05) is 23.6 Å². The Morgan fingerprint density at radius 2 is 2.19 bits per heavy atom. The van der Waals surface area contributed by atoms with Crippen LogP contribution in [0.4, 0.5) is 0 Å². The molecular formula is C15H16N2O4. The van der Waals surface area contributed by atoms with Crippen molar-refractivity contribution in [2.24, 2.45) is 0 Å². The number of amides is 1. The van der Waals surface area contributed by atoms with E-state index in [4.69, 9.17) is 4.74 Å². The first-order valence-electron chi connectivity index (χ1n) is 6.82. The molecule has 21 heavy (non-hydrogen) atoms. The topological polar surface area (TPSA) is 82.6 Å². The van der Waals surface area contributed by atoms with Gasteiger partial charge in [0.25, 0.3) is 0 Å². The second-order valence-electron chi connectivity index (χ2n) is 5.05. The summed E-state index contributed by atoms with van der Waals surface area (Å²) in [5.74, 6) is -1.21. The van der Waals surface area contributed by atoms with Crippen LogP contribution in [-0.4, -0.2) is 52.7 Å². The Balaban J connectivity index is 1.80. The number of aliphatic carboxylic acids is 1. The van der Waals surface area contributed by atoms with Crippen LogP contribution in [0.5, 0.6) is 0 Å². The summed E-state index contributed by atoms with van der Waals surface area (Å²) in [4.78, 5) is 28.1. The van der Waals surface area contributed by atoms with Gasteiger partial charge < -0.3 is 19.7 Å². The number of carbonyl (C=O) groups excluding carboxylic acids is 1. The predicted molar refractivity (Wildman–Crippen MR) is 76.0 cm³/mol. The fraction of sp³-hybridized carbons (Fsp3) is 0.333. The van der Waals surface area contributed by atoms with E-state index in [9.17, 15) is 14.7 Å². The molecule has 1 aliphatic rings. The van der Waals surface area contributed by atoms with Crippen molar-refractivity contribution in [1.29, 1.82) is 0 Å². The summed E-state index contributed by atoms with van der Waals surface area (Å²) in [6, 6.07) is 6.84. The molecule has 0 unspecified atom stereocenters. The maximum Gasteiger partial charge on any atom is 0.328 e. The molecule has 3 rings (SSSR count). The maximum atomic E-state index is 12.4. The van der Waals surface area contributed by atoms with Crippen molar-refractivity contribution in [3.63, 3.8) is 0 Å². The molecule has 1 atom stereocenters. The Morgan fingerprint density at radius 1 is 1.38 bits per heavy atom. The molecule has 1 fully saturated rings. The molecule has 0 radical (unpaired) electrons. The number of para-hydroxylation sites is 1. The van der Waals surface area contributed by atoms with Gasteiger partial charge in [-0.15, -0.1) is 0 Å². The van der Waals surface area contributed by atoms with E-state index in [0.717, 1.165) is 16.5 Å². The third kappa shape index (κ3) is 2.62. The van der Waals surface area contributed by atoms with E-state index in [0.29, 0.717) is 13.2 Å². The van der Waals surface area contributed by atoms with Gasteiger partial charge in [-0.3, -0.25) is 4.79 Å². The number of nitrogens with zero attached hydrogens (tertiary/aromatic N) is 1. The highest BCUT2D eigenvalue weighted by atomic mass is 16.5. The van der Waals surface area contributed by atoms with Gasteiger partial charge >= 0.3 is 5.97 Å². The summed E-state index contributed by atoms with van der Waals surface area (Å²) in [5.41, 5.74) is 1.85. The highest BCUT2D eigenvalue weighted by molar-refractivity contribution is 5.90. The summed E-state index contributed by atoms with van der Waals surface area (Å²) >= 11 is 0. The number of fused-ring (bicyclic) bond motifs is 1. The van der Waals surface area contributed by atoms with Crippen LogP contribution in [0.15, 0.2) is 30.5 Å². The molecule has 2 aromatic rings. The van der Waals surface area contributed by atoms with E-state index >= 15 is 0 Å². The lowest BCUT2D eigenvalue weighted by atomic mass is 10.1. The first kappa shape index (κ1) is 13.6. The van der Waals surface area contributed by atoms with E-state index in [1.54, 1.807) is 6.20 Å². The van der Waals surface area contributed by atoms with E-state index in [-0.39, 0.29) is 18.9 Å². The fourth-order valence-corrected chi connectivity index (χ4v) is 2.65. The number of hydrogen-bond acceptors (Lipinski definition) is 3. The van der Waals surface area contributed by atoms with Crippen LogP contribution in [0.1, 0.15) is 5.56 Å². The Labute approximate surface area is 121 Å². The maximum absolute atomic E-state index is 12.4. The quantitative estimate of drug-likeness (QED) is 0.883. The van der Waals surface area contributed by atoms with E-state index in [1.807, 2.05) is 24.3 Å². The van der Waals surface area contributed by atoms with Gasteiger partial charge in [0.2, 0.25) is 5.91 Å². The first-order valence-corrected chi connectivity index (χ1v) is 6.82. The minimum atomic E-state index is -1.03. The lowest BCUT2D eigenvalue weighted by Gasteiger charge is -2.32. The lowest BCUT2D eigenvalue weighted by Crippen LogP contribution is -2.53. The number of nitrogens with one attached hydrogen (secondary N) is 1. The molecule has 1 aliphatic heterocycles. The molecule has 6 nitrogen and oxygen atoms in total. The number of aromatic nitrogens is 1. The molecule has 1 aromatic heterocycles. The smallest absolute Gasteiger partial charge is 0.328 e. The van der Waals surface area contributed by atoms with Gasteiger partial charge in [-0.2, -0.15) is 0 Å². The van der Waals surface area contributed by atoms with Gasteiger partial charge in [-0.25, -0.2) is 4.79 Å². The monoisotopic (exact) mass is 288 g/mol. The number of morpholine rings is 1. The number of aromatic amines is 1. The zero-order chi connectivity index (χ0) is 14.8. The molecule has 0 saturated carbocycles. The number of carboxylic acid groups (broad SMARTS) is 1. The fourth-order valence-electron chi connectivity index (χ4n) is 2.65. The number of ether oxygens (including phenoxy) is 1. The number of rotatable bonds is 3. The first-order chi connectivity index (χ1) is 10.2. The van der Waals surface area contributed by atoms with E-state index in [2.05, 4.69) is 4.98 Å².